The van der Waals surface area contributed by atoms with E-state index in [1.165, 1.54) is 18.4 Å². The summed E-state index contributed by atoms with van der Waals surface area (Å²) in [6.45, 7) is 6.59. The quantitative estimate of drug-likeness (QED) is 0.870. The number of hydrogen-bond donors (Lipinski definition) is 1. The van der Waals surface area contributed by atoms with Crippen molar-refractivity contribution in [3.8, 4) is 0 Å². The Kier molecular flexibility index (Phi) is 6.44. The number of nitrogens with one attached hydrogen (secondary N) is 1. The van der Waals surface area contributed by atoms with Gasteiger partial charge in [-0.1, -0.05) is 44.2 Å². The van der Waals surface area contributed by atoms with Gasteiger partial charge in [0.1, 0.15) is 0 Å². The molecule has 22 heavy (non-hydrogen) atoms. The van der Waals surface area contributed by atoms with Crippen LogP contribution in [0.1, 0.15) is 51.1 Å². The summed E-state index contributed by atoms with van der Waals surface area (Å²) in [5.74, 6) is 1.41. The molecule has 2 rings (SSSR count). The molecule has 1 unspecified atom stereocenters. The molecule has 3 heteroatoms. The summed E-state index contributed by atoms with van der Waals surface area (Å²) < 4.78 is 0. The minimum absolute atomic E-state index is 0.168. The fourth-order valence-electron chi connectivity index (χ4n) is 3.54. The number of carbonyl (C=O) groups excluding carboxylic acids is 1. The van der Waals surface area contributed by atoms with Gasteiger partial charge in [-0.2, -0.15) is 0 Å². The highest BCUT2D eigenvalue weighted by atomic mass is 16.2. The lowest BCUT2D eigenvalue weighted by Crippen LogP contribution is -2.35. The highest BCUT2D eigenvalue weighted by Gasteiger charge is 2.25. The molecule has 1 amide bonds. The fraction of sp³-hybridized carbons (Fsp3) is 0.632. The van der Waals surface area contributed by atoms with Crippen molar-refractivity contribution in [3.63, 3.8) is 0 Å². The van der Waals surface area contributed by atoms with E-state index in [2.05, 4.69) is 43.4 Å². The first-order valence-electron chi connectivity index (χ1n) is 8.61. The van der Waals surface area contributed by atoms with E-state index in [-0.39, 0.29) is 11.9 Å². The van der Waals surface area contributed by atoms with Gasteiger partial charge < -0.3 is 10.2 Å². The first-order chi connectivity index (χ1) is 10.6. The maximum absolute atomic E-state index is 12.6. The second-order valence-corrected chi connectivity index (χ2v) is 6.84. The number of piperidine rings is 1. The third-order valence-corrected chi connectivity index (χ3v) is 4.81. The predicted octanol–water partition coefficient (Wildman–Crippen LogP) is 3.62. The summed E-state index contributed by atoms with van der Waals surface area (Å²) >= 11 is 0. The normalized spacial score (nSPS) is 17.5. The smallest absolute Gasteiger partial charge is 0.222 e. The minimum Gasteiger partial charge on any atom is -0.338 e. The van der Waals surface area contributed by atoms with Gasteiger partial charge in [-0.05, 0) is 49.8 Å². The van der Waals surface area contributed by atoms with Crippen LogP contribution in [0, 0.1) is 11.8 Å². The van der Waals surface area contributed by atoms with Crippen LogP contribution in [0.3, 0.4) is 0 Å². The number of rotatable bonds is 6. The molecule has 0 saturated carbocycles. The molecule has 1 aliphatic rings. The maximum atomic E-state index is 12.6. The van der Waals surface area contributed by atoms with Gasteiger partial charge in [0.15, 0.2) is 0 Å². The number of carbonyl (C=O) groups is 1. The molecule has 0 aromatic heterocycles. The molecule has 1 aliphatic heterocycles. The Morgan fingerprint density at radius 2 is 1.86 bits per heavy atom. The van der Waals surface area contributed by atoms with Crippen LogP contribution in [0.2, 0.25) is 0 Å². The van der Waals surface area contributed by atoms with Crippen molar-refractivity contribution in [1.29, 1.82) is 0 Å². The molecule has 1 aromatic rings. The van der Waals surface area contributed by atoms with E-state index in [1.54, 1.807) is 0 Å². The van der Waals surface area contributed by atoms with Crippen molar-refractivity contribution < 1.29 is 4.79 Å². The largest absolute Gasteiger partial charge is 0.338 e. The van der Waals surface area contributed by atoms with E-state index in [0.717, 1.165) is 19.5 Å². The van der Waals surface area contributed by atoms with Crippen molar-refractivity contribution in [2.24, 2.45) is 11.8 Å². The number of amides is 1. The standard InChI is InChI=1S/C19H30N2O/c1-15(2)19(17-7-5-4-6-8-17)21(3)18(22)10-9-16-11-13-20-14-12-16/h4-8,15-16,19-20H,9-14H2,1-3H3. The van der Waals surface area contributed by atoms with Gasteiger partial charge in [0.25, 0.3) is 0 Å². The van der Waals surface area contributed by atoms with Crippen molar-refractivity contribution in [3.05, 3.63) is 35.9 Å². The van der Waals surface area contributed by atoms with E-state index in [1.807, 2.05) is 18.0 Å². The van der Waals surface area contributed by atoms with E-state index in [0.29, 0.717) is 18.3 Å². The molecule has 0 spiro atoms. The van der Waals surface area contributed by atoms with Gasteiger partial charge in [0, 0.05) is 13.5 Å². The van der Waals surface area contributed by atoms with Crippen LogP contribution in [0.25, 0.3) is 0 Å². The lowest BCUT2D eigenvalue weighted by atomic mass is 9.91. The molecule has 1 atom stereocenters. The Labute approximate surface area is 135 Å². The first kappa shape index (κ1) is 17.0. The molecule has 1 fully saturated rings. The van der Waals surface area contributed by atoms with Gasteiger partial charge in [-0.3, -0.25) is 4.79 Å². The Bertz CT molecular complexity index is 452. The Balaban J connectivity index is 1.94. The summed E-state index contributed by atoms with van der Waals surface area (Å²) in [4.78, 5) is 14.6. The van der Waals surface area contributed by atoms with Gasteiger partial charge in [-0.15, -0.1) is 0 Å². The topological polar surface area (TPSA) is 32.3 Å². The summed E-state index contributed by atoms with van der Waals surface area (Å²) in [6, 6.07) is 10.6. The third-order valence-electron chi connectivity index (χ3n) is 4.81. The lowest BCUT2D eigenvalue weighted by Gasteiger charge is -2.32. The van der Waals surface area contributed by atoms with Crippen LogP contribution >= 0.6 is 0 Å². The molecular weight excluding hydrogens is 272 g/mol. The van der Waals surface area contributed by atoms with Gasteiger partial charge in [0.2, 0.25) is 5.91 Å². The molecule has 1 N–H and O–H groups in total. The first-order valence-corrected chi connectivity index (χ1v) is 8.61. The van der Waals surface area contributed by atoms with E-state index < -0.39 is 0 Å². The zero-order valence-electron chi connectivity index (χ0n) is 14.2. The molecule has 1 aromatic carbocycles. The molecule has 3 nitrogen and oxygen atoms in total. The average molecular weight is 302 g/mol. The molecule has 0 radical (unpaired) electrons. The molecule has 0 bridgehead atoms. The van der Waals surface area contributed by atoms with Crippen molar-refractivity contribution >= 4 is 5.91 Å². The predicted molar refractivity (Wildman–Crippen MR) is 91.6 cm³/mol. The Morgan fingerprint density at radius 3 is 2.45 bits per heavy atom. The SMILES string of the molecule is CC(C)C(c1ccccc1)N(C)C(=O)CCC1CCNCC1. The van der Waals surface area contributed by atoms with E-state index in [9.17, 15) is 4.79 Å². The number of nitrogens with zero attached hydrogens (tertiary/aromatic N) is 1. The highest BCUT2D eigenvalue weighted by molar-refractivity contribution is 5.76. The number of hydrogen-bond acceptors (Lipinski definition) is 2. The van der Waals surface area contributed by atoms with Crippen LogP contribution < -0.4 is 5.32 Å². The zero-order chi connectivity index (χ0) is 15.9. The summed E-state index contributed by atoms with van der Waals surface area (Å²) in [7, 11) is 1.96. The van der Waals surface area contributed by atoms with Crippen LogP contribution in [-0.4, -0.2) is 30.9 Å². The van der Waals surface area contributed by atoms with Gasteiger partial charge in [-0.25, -0.2) is 0 Å². The van der Waals surface area contributed by atoms with Crippen LogP contribution in [-0.2, 0) is 4.79 Å². The lowest BCUT2D eigenvalue weighted by molar-refractivity contribution is -0.133. The minimum atomic E-state index is 0.168. The second kappa shape index (κ2) is 8.33. The maximum Gasteiger partial charge on any atom is 0.222 e. The van der Waals surface area contributed by atoms with Crippen molar-refractivity contribution in [2.45, 2.75) is 45.6 Å². The van der Waals surface area contributed by atoms with Gasteiger partial charge >= 0.3 is 0 Å². The van der Waals surface area contributed by atoms with E-state index >= 15 is 0 Å². The molecular formula is C19H30N2O. The van der Waals surface area contributed by atoms with Crippen LogP contribution in [0.5, 0.6) is 0 Å². The van der Waals surface area contributed by atoms with Crippen molar-refractivity contribution in [2.75, 3.05) is 20.1 Å². The Morgan fingerprint density at radius 1 is 1.23 bits per heavy atom. The molecule has 1 heterocycles. The molecule has 122 valence electrons. The third kappa shape index (κ3) is 4.57. The molecule has 0 aliphatic carbocycles. The van der Waals surface area contributed by atoms with Crippen LogP contribution in [0.4, 0.5) is 0 Å². The fourth-order valence-corrected chi connectivity index (χ4v) is 3.54. The van der Waals surface area contributed by atoms with Crippen molar-refractivity contribution in [1.82, 2.24) is 10.2 Å². The average Bonchev–Trinajstić information content (AvgIpc) is 2.54. The van der Waals surface area contributed by atoms with Crippen LogP contribution in [0.15, 0.2) is 30.3 Å². The summed E-state index contributed by atoms with van der Waals surface area (Å²) in [5.41, 5.74) is 1.23. The summed E-state index contributed by atoms with van der Waals surface area (Å²) in [6.07, 6.45) is 4.13. The zero-order valence-corrected chi connectivity index (χ0v) is 14.2. The summed E-state index contributed by atoms with van der Waals surface area (Å²) in [5, 5.41) is 3.38. The van der Waals surface area contributed by atoms with Gasteiger partial charge in [0.05, 0.1) is 6.04 Å². The monoisotopic (exact) mass is 302 g/mol. The number of benzene rings is 1. The van der Waals surface area contributed by atoms with E-state index in [4.69, 9.17) is 0 Å². The molecule has 1 saturated heterocycles. The Hall–Kier alpha value is -1.35. The highest BCUT2D eigenvalue weighted by Crippen LogP contribution is 2.28. The second-order valence-electron chi connectivity index (χ2n) is 6.84.